The Morgan fingerprint density at radius 3 is 2.55 bits per heavy atom. The van der Waals surface area contributed by atoms with Crippen molar-refractivity contribution in [2.24, 2.45) is 0 Å². The largest absolute Gasteiger partial charge is 0.122 e. The van der Waals surface area contributed by atoms with Gasteiger partial charge >= 0.3 is 0 Å². The highest BCUT2D eigenvalue weighted by molar-refractivity contribution is 14.1. The molecule has 0 bridgehead atoms. The lowest BCUT2D eigenvalue weighted by atomic mass is 10.1. The van der Waals surface area contributed by atoms with Crippen molar-refractivity contribution in [1.82, 2.24) is 0 Å². The summed E-state index contributed by atoms with van der Waals surface area (Å²) >= 11 is 13.8. The van der Waals surface area contributed by atoms with Gasteiger partial charge in [0, 0.05) is 15.3 Å². The number of halogens is 3. The summed E-state index contributed by atoms with van der Waals surface area (Å²) in [7, 11) is 0. The molecule has 0 unspecified atom stereocenters. The van der Waals surface area contributed by atoms with E-state index in [1.807, 2.05) is 18.2 Å². The molecular weight excluding hydrogens is 294 g/mol. The molecule has 0 N–H and O–H groups in total. The molecule has 1 rings (SSSR count). The molecule has 0 fully saturated rings. The van der Waals surface area contributed by atoms with Crippen molar-refractivity contribution in [3.8, 4) is 0 Å². The van der Waals surface area contributed by atoms with Crippen LogP contribution in [-0.4, -0.2) is 0 Å². The molecule has 1 aromatic carbocycles. The summed E-state index contributed by atoms with van der Waals surface area (Å²) in [6.07, 6.45) is 0. The summed E-state index contributed by atoms with van der Waals surface area (Å²) in [5, 5.41) is 0.783. The molecule has 0 amide bonds. The van der Waals surface area contributed by atoms with Crippen molar-refractivity contribution in [3.05, 3.63) is 34.3 Å². The summed E-state index contributed by atoms with van der Waals surface area (Å²) in [6, 6.07) is 5.81. The Hall–Kier alpha value is 0.530. The van der Waals surface area contributed by atoms with E-state index in [0.29, 0.717) is 5.88 Å². The standard InChI is InChI=1S/C8H7Cl2I/c9-4-6-1-2-8(10)3-7(6)5-11/h1-3H,4-5H2. The number of benzene rings is 1. The minimum atomic E-state index is 0.565. The summed E-state index contributed by atoms with van der Waals surface area (Å²) in [6.45, 7) is 0. The number of rotatable bonds is 2. The third-order valence-corrected chi connectivity index (χ3v) is 2.80. The first-order valence-corrected chi connectivity index (χ1v) is 5.61. The number of alkyl halides is 2. The quantitative estimate of drug-likeness (QED) is 0.572. The molecule has 60 valence electrons. The molecule has 0 aliphatic carbocycles. The van der Waals surface area contributed by atoms with Crippen molar-refractivity contribution in [3.63, 3.8) is 0 Å². The van der Waals surface area contributed by atoms with Gasteiger partial charge in [0.15, 0.2) is 0 Å². The van der Waals surface area contributed by atoms with Gasteiger partial charge in [0.1, 0.15) is 0 Å². The van der Waals surface area contributed by atoms with Gasteiger partial charge in [0.2, 0.25) is 0 Å². The van der Waals surface area contributed by atoms with Crippen molar-refractivity contribution in [2.75, 3.05) is 0 Å². The van der Waals surface area contributed by atoms with Gasteiger partial charge in [-0.15, -0.1) is 11.6 Å². The lowest BCUT2D eigenvalue weighted by Gasteiger charge is -2.02. The molecule has 0 spiro atoms. The fourth-order valence-corrected chi connectivity index (χ4v) is 2.01. The molecule has 0 atom stereocenters. The fraction of sp³-hybridized carbons (Fsp3) is 0.250. The lowest BCUT2D eigenvalue weighted by molar-refractivity contribution is 1.29. The van der Waals surface area contributed by atoms with Gasteiger partial charge < -0.3 is 0 Å². The van der Waals surface area contributed by atoms with Crippen LogP contribution in [0.3, 0.4) is 0 Å². The Bertz CT molecular complexity index is 248. The van der Waals surface area contributed by atoms with E-state index >= 15 is 0 Å². The van der Waals surface area contributed by atoms with Gasteiger partial charge in [-0.2, -0.15) is 0 Å². The van der Waals surface area contributed by atoms with E-state index < -0.39 is 0 Å². The third kappa shape index (κ3) is 2.49. The maximum atomic E-state index is 5.81. The molecule has 0 aliphatic heterocycles. The van der Waals surface area contributed by atoms with Crippen LogP contribution < -0.4 is 0 Å². The smallest absolute Gasteiger partial charge is 0.0477 e. The van der Waals surface area contributed by atoms with Gasteiger partial charge in [-0.1, -0.05) is 40.3 Å². The van der Waals surface area contributed by atoms with E-state index in [4.69, 9.17) is 23.2 Å². The molecule has 3 heteroatoms. The van der Waals surface area contributed by atoms with Crippen LogP contribution >= 0.6 is 45.8 Å². The normalized spacial score (nSPS) is 10.1. The number of hydrogen-bond acceptors (Lipinski definition) is 0. The second kappa shape index (κ2) is 4.53. The first-order chi connectivity index (χ1) is 5.27. The van der Waals surface area contributed by atoms with Crippen molar-refractivity contribution < 1.29 is 0 Å². The van der Waals surface area contributed by atoms with E-state index in [1.165, 1.54) is 11.1 Å². The zero-order chi connectivity index (χ0) is 8.27. The van der Waals surface area contributed by atoms with Gasteiger partial charge in [-0.05, 0) is 23.3 Å². The van der Waals surface area contributed by atoms with Gasteiger partial charge in [-0.25, -0.2) is 0 Å². The summed E-state index contributed by atoms with van der Waals surface area (Å²) in [5.74, 6) is 0.565. The molecule has 0 radical (unpaired) electrons. The van der Waals surface area contributed by atoms with Gasteiger partial charge in [0.05, 0.1) is 0 Å². The molecule has 0 nitrogen and oxygen atoms in total. The van der Waals surface area contributed by atoms with Crippen LogP contribution in [0.1, 0.15) is 11.1 Å². The maximum absolute atomic E-state index is 5.81. The molecule has 11 heavy (non-hydrogen) atoms. The molecular formula is C8H7Cl2I. The highest BCUT2D eigenvalue weighted by Gasteiger charge is 1.99. The highest BCUT2D eigenvalue weighted by atomic mass is 127. The first-order valence-electron chi connectivity index (χ1n) is 3.17. The van der Waals surface area contributed by atoms with Crippen LogP contribution in [0.5, 0.6) is 0 Å². The molecule has 0 saturated carbocycles. The van der Waals surface area contributed by atoms with Crippen molar-refractivity contribution in [2.45, 2.75) is 10.3 Å². The van der Waals surface area contributed by atoms with E-state index in [0.717, 1.165) is 9.45 Å². The van der Waals surface area contributed by atoms with E-state index in [2.05, 4.69) is 22.6 Å². The van der Waals surface area contributed by atoms with E-state index in [1.54, 1.807) is 0 Å². The highest BCUT2D eigenvalue weighted by Crippen LogP contribution is 2.19. The van der Waals surface area contributed by atoms with Crippen LogP contribution in [0.25, 0.3) is 0 Å². The van der Waals surface area contributed by atoms with Crippen LogP contribution in [0.15, 0.2) is 18.2 Å². The first kappa shape index (κ1) is 9.62. The predicted octanol–water partition coefficient (Wildman–Crippen LogP) is 4.01. The number of hydrogen-bond donors (Lipinski definition) is 0. The Balaban J connectivity index is 3.06. The summed E-state index contributed by atoms with van der Waals surface area (Å²) < 4.78 is 0.959. The van der Waals surface area contributed by atoms with Crippen molar-refractivity contribution in [1.29, 1.82) is 0 Å². The Morgan fingerprint density at radius 1 is 1.27 bits per heavy atom. The Labute approximate surface area is 90.0 Å². The van der Waals surface area contributed by atoms with Crippen LogP contribution in [0, 0.1) is 0 Å². The predicted molar refractivity (Wildman–Crippen MR) is 58.7 cm³/mol. The Kier molecular flexibility index (Phi) is 3.96. The minimum Gasteiger partial charge on any atom is -0.122 e. The van der Waals surface area contributed by atoms with Crippen LogP contribution in [-0.2, 0) is 10.3 Å². The monoisotopic (exact) mass is 300 g/mol. The fourth-order valence-electron chi connectivity index (χ4n) is 0.849. The van der Waals surface area contributed by atoms with E-state index in [9.17, 15) is 0 Å². The molecule has 1 aromatic rings. The maximum Gasteiger partial charge on any atom is 0.0477 e. The Morgan fingerprint density at radius 2 is 2.00 bits per heavy atom. The molecule has 0 aliphatic rings. The second-order valence-corrected chi connectivity index (χ2v) is 3.65. The van der Waals surface area contributed by atoms with Gasteiger partial charge in [-0.3, -0.25) is 0 Å². The summed E-state index contributed by atoms with van der Waals surface area (Å²) in [4.78, 5) is 0. The zero-order valence-electron chi connectivity index (χ0n) is 5.78. The molecule has 0 heterocycles. The average molecular weight is 301 g/mol. The lowest BCUT2D eigenvalue weighted by Crippen LogP contribution is -1.86. The average Bonchev–Trinajstić information content (AvgIpc) is 2.04. The third-order valence-electron chi connectivity index (χ3n) is 1.46. The zero-order valence-corrected chi connectivity index (χ0v) is 9.45. The minimum absolute atomic E-state index is 0.565. The summed E-state index contributed by atoms with van der Waals surface area (Å²) in [5.41, 5.74) is 2.40. The second-order valence-electron chi connectivity index (χ2n) is 2.18. The molecule has 0 saturated heterocycles. The molecule has 0 aromatic heterocycles. The van der Waals surface area contributed by atoms with Gasteiger partial charge in [0.25, 0.3) is 0 Å². The topological polar surface area (TPSA) is 0 Å². The van der Waals surface area contributed by atoms with Crippen LogP contribution in [0.2, 0.25) is 5.02 Å². The van der Waals surface area contributed by atoms with E-state index in [-0.39, 0.29) is 0 Å². The SMILES string of the molecule is ClCc1ccc(Cl)cc1CI. The van der Waals surface area contributed by atoms with Crippen molar-refractivity contribution >= 4 is 45.8 Å². The van der Waals surface area contributed by atoms with Crippen LogP contribution in [0.4, 0.5) is 0 Å².